The normalized spacial score (nSPS) is 10.5. The van der Waals surface area contributed by atoms with E-state index in [-0.39, 0.29) is 19.8 Å². The lowest BCUT2D eigenvalue weighted by atomic mass is 10.4. The van der Waals surface area contributed by atoms with Crippen LogP contribution < -0.4 is 0 Å². The van der Waals surface area contributed by atoms with Gasteiger partial charge in [-0.3, -0.25) is 4.90 Å². The van der Waals surface area contributed by atoms with Crippen molar-refractivity contribution in [3.63, 3.8) is 0 Å². The first kappa shape index (κ1) is 15.4. The van der Waals surface area contributed by atoms with Gasteiger partial charge < -0.3 is 20.3 Å². The Morgan fingerprint density at radius 3 is 2.16 bits per heavy atom. The number of rotatable bonds is 6. The molecule has 0 saturated heterocycles. The predicted molar refractivity (Wildman–Crippen MR) is 69.4 cm³/mol. The minimum Gasteiger partial charge on any atom is -0.395 e. The number of aliphatic hydroxyl groups excluding tert-OH is 3. The average molecular weight is 269 g/mol. The van der Waals surface area contributed by atoms with Gasteiger partial charge in [-0.2, -0.15) is 0 Å². The maximum atomic E-state index is 8.48. The summed E-state index contributed by atoms with van der Waals surface area (Å²) in [5.41, 5.74) is 1.59. The van der Waals surface area contributed by atoms with E-state index < -0.39 is 0 Å². The molecule has 8 nitrogen and oxygen atoms in total. The van der Waals surface area contributed by atoms with E-state index in [2.05, 4.69) is 19.9 Å². The molecule has 19 heavy (non-hydrogen) atoms. The van der Waals surface area contributed by atoms with Crippen molar-refractivity contribution in [2.75, 3.05) is 39.5 Å². The maximum absolute atomic E-state index is 8.48. The van der Waals surface area contributed by atoms with Crippen molar-refractivity contribution >= 4 is 11.2 Å². The van der Waals surface area contributed by atoms with Crippen LogP contribution in [-0.4, -0.2) is 79.6 Å². The fourth-order valence-electron chi connectivity index (χ4n) is 1.45. The van der Waals surface area contributed by atoms with Gasteiger partial charge in [0.25, 0.3) is 0 Å². The Bertz CT molecular complexity index is 406. The molecule has 0 saturated carbocycles. The zero-order valence-corrected chi connectivity index (χ0v) is 10.6. The van der Waals surface area contributed by atoms with Crippen molar-refractivity contribution in [3.8, 4) is 0 Å². The third-order valence-corrected chi connectivity index (χ3v) is 2.35. The van der Waals surface area contributed by atoms with E-state index in [1.54, 1.807) is 17.4 Å². The molecule has 0 fully saturated rings. The lowest BCUT2D eigenvalue weighted by molar-refractivity contribution is 0.136. The number of nitrogens with zero attached hydrogens (tertiary/aromatic N) is 4. The fourth-order valence-corrected chi connectivity index (χ4v) is 1.45. The summed E-state index contributed by atoms with van der Waals surface area (Å²) in [6.07, 6.45) is 4.76. The Hall–Kier alpha value is -1.61. The molecule has 0 spiro atoms. The van der Waals surface area contributed by atoms with Crippen molar-refractivity contribution in [1.82, 2.24) is 24.8 Å². The van der Waals surface area contributed by atoms with Crippen LogP contribution in [0.4, 0.5) is 0 Å². The number of hydrogen-bond acceptors (Lipinski definition) is 7. The van der Waals surface area contributed by atoms with E-state index in [1.807, 2.05) is 0 Å². The van der Waals surface area contributed by atoms with Gasteiger partial charge in [-0.05, 0) is 0 Å². The summed E-state index contributed by atoms with van der Waals surface area (Å²) < 4.78 is 0. The maximum Gasteiger partial charge on any atom is 0.180 e. The topological polar surface area (TPSA) is 118 Å². The summed E-state index contributed by atoms with van der Waals surface area (Å²) in [5.74, 6) is 0. The number of imidazole rings is 1. The molecule has 4 N–H and O–H groups in total. The van der Waals surface area contributed by atoms with Gasteiger partial charge in [0.2, 0.25) is 0 Å². The fraction of sp³-hybridized carbons (Fsp3) is 0.545. The quantitative estimate of drug-likeness (QED) is 0.510. The number of nitrogens with one attached hydrogen (secondary N) is 1. The second kappa shape index (κ2) is 9.34. The molecule has 0 atom stereocenters. The number of aromatic nitrogens is 4. The van der Waals surface area contributed by atoms with E-state index in [4.69, 9.17) is 15.3 Å². The molecule has 2 aromatic heterocycles. The minimum atomic E-state index is 0.0694. The lowest BCUT2D eigenvalue weighted by Gasteiger charge is -2.17. The van der Waals surface area contributed by atoms with Gasteiger partial charge in [0, 0.05) is 19.6 Å². The molecule has 0 aliphatic heterocycles. The van der Waals surface area contributed by atoms with Crippen LogP contribution in [0.1, 0.15) is 0 Å². The van der Waals surface area contributed by atoms with Crippen molar-refractivity contribution in [1.29, 1.82) is 0 Å². The van der Waals surface area contributed by atoms with Crippen LogP contribution in [0.15, 0.2) is 18.9 Å². The van der Waals surface area contributed by atoms with Crippen LogP contribution in [0.3, 0.4) is 0 Å². The summed E-state index contributed by atoms with van der Waals surface area (Å²) in [5, 5.41) is 25.5. The Morgan fingerprint density at radius 1 is 1.00 bits per heavy atom. The molecule has 2 heterocycles. The van der Waals surface area contributed by atoms with Gasteiger partial charge in [-0.25, -0.2) is 15.0 Å². The second-order valence-electron chi connectivity index (χ2n) is 3.68. The molecular formula is C11H19N5O3. The van der Waals surface area contributed by atoms with Crippen LogP contribution in [0.25, 0.3) is 11.2 Å². The predicted octanol–water partition coefficient (Wildman–Crippen LogP) is -1.38. The van der Waals surface area contributed by atoms with Crippen LogP contribution in [0.2, 0.25) is 0 Å². The summed E-state index contributed by atoms with van der Waals surface area (Å²) in [6.45, 7) is 1.75. The van der Waals surface area contributed by atoms with Crippen molar-refractivity contribution in [2.45, 2.75) is 0 Å². The zero-order valence-electron chi connectivity index (χ0n) is 10.6. The first-order chi connectivity index (χ1) is 9.31. The standard InChI is InChI=1S/C6H15NO3.C5H4N4/c8-4-1-7(2-5-9)3-6-10;1-4-5(8-2-6-1)9-3-7-4/h8-10H,1-6H2;1-3H,(H,6,7,8,9). The molecule has 8 heteroatoms. The summed E-state index contributed by atoms with van der Waals surface area (Å²) in [4.78, 5) is 16.3. The van der Waals surface area contributed by atoms with Gasteiger partial charge in [-0.15, -0.1) is 0 Å². The highest BCUT2D eigenvalue weighted by Gasteiger charge is 2.00. The van der Waals surface area contributed by atoms with E-state index in [9.17, 15) is 0 Å². The molecule has 106 valence electrons. The summed E-state index contributed by atoms with van der Waals surface area (Å²) in [6, 6.07) is 0. The first-order valence-electron chi connectivity index (χ1n) is 5.95. The van der Waals surface area contributed by atoms with Gasteiger partial charge in [0.15, 0.2) is 5.65 Å². The smallest absolute Gasteiger partial charge is 0.180 e. The van der Waals surface area contributed by atoms with E-state index in [0.29, 0.717) is 25.3 Å². The van der Waals surface area contributed by atoms with E-state index in [0.717, 1.165) is 5.52 Å². The highest BCUT2D eigenvalue weighted by Crippen LogP contribution is 1.99. The van der Waals surface area contributed by atoms with Gasteiger partial charge in [0.1, 0.15) is 11.8 Å². The van der Waals surface area contributed by atoms with Crippen LogP contribution >= 0.6 is 0 Å². The Balaban J connectivity index is 0.000000190. The van der Waals surface area contributed by atoms with Crippen LogP contribution in [0.5, 0.6) is 0 Å². The number of H-pyrrole nitrogens is 1. The van der Waals surface area contributed by atoms with Crippen LogP contribution in [0, 0.1) is 0 Å². The number of aromatic amines is 1. The molecule has 0 radical (unpaired) electrons. The third kappa shape index (κ3) is 5.71. The SMILES string of the molecule is OCCN(CCO)CCO.c1ncc2[nH]cnc2n1. The Kier molecular flexibility index (Phi) is 7.59. The molecular weight excluding hydrogens is 250 g/mol. The largest absolute Gasteiger partial charge is 0.395 e. The van der Waals surface area contributed by atoms with E-state index >= 15 is 0 Å². The van der Waals surface area contributed by atoms with Gasteiger partial charge in [-0.1, -0.05) is 0 Å². The van der Waals surface area contributed by atoms with Crippen molar-refractivity contribution in [3.05, 3.63) is 18.9 Å². The molecule has 0 unspecified atom stereocenters. The van der Waals surface area contributed by atoms with Crippen molar-refractivity contribution in [2.24, 2.45) is 0 Å². The zero-order chi connectivity index (χ0) is 13.9. The monoisotopic (exact) mass is 269 g/mol. The Morgan fingerprint density at radius 2 is 1.63 bits per heavy atom. The Labute approximate surface area is 110 Å². The molecule has 0 aliphatic rings. The van der Waals surface area contributed by atoms with Gasteiger partial charge >= 0.3 is 0 Å². The van der Waals surface area contributed by atoms with E-state index in [1.165, 1.54) is 6.33 Å². The minimum absolute atomic E-state index is 0.0694. The summed E-state index contributed by atoms with van der Waals surface area (Å²) >= 11 is 0. The number of hydrogen-bond donors (Lipinski definition) is 4. The average Bonchev–Trinajstić information content (AvgIpc) is 2.89. The molecule has 0 aromatic carbocycles. The lowest BCUT2D eigenvalue weighted by Crippen LogP contribution is -2.32. The van der Waals surface area contributed by atoms with Crippen LogP contribution in [-0.2, 0) is 0 Å². The second-order valence-corrected chi connectivity index (χ2v) is 3.68. The van der Waals surface area contributed by atoms with Crippen molar-refractivity contribution < 1.29 is 15.3 Å². The molecule has 0 aliphatic carbocycles. The third-order valence-electron chi connectivity index (χ3n) is 2.35. The number of aliphatic hydroxyl groups is 3. The number of fused-ring (bicyclic) bond motifs is 1. The first-order valence-corrected chi connectivity index (χ1v) is 5.95. The summed E-state index contributed by atoms with van der Waals surface area (Å²) in [7, 11) is 0. The highest BCUT2D eigenvalue weighted by atomic mass is 16.3. The van der Waals surface area contributed by atoms with Gasteiger partial charge in [0.05, 0.1) is 32.3 Å². The molecule has 2 rings (SSSR count). The molecule has 0 bridgehead atoms. The molecule has 2 aromatic rings. The molecule has 0 amide bonds. The highest BCUT2D eigenvalue weighted by molar-refractivity contribution is 5.67.